The van der Waals surface area contributed by atoms with E-state index in [1.54, 1.807) is 43.3 Å². The zero-order valence-corrected chi connectivity index (χ0v) is 12.6. The number of nitrogens with one attached hydrogen (secondary N) is 1. The van der Waals surface area contributed by atoms with Crippen molar-refractivity contribution in [3.63, 3.8) is 0 Å². The molecule has 2 rings (SSSR count). The average Bonchev–Trinajstić information content (AvgIpc) is 2.44. The van der Waals surface area contributed by atoms with Crippen LogP contribution in [0.3, 0.4) is 0 Å². The lowest BCUT2D eigenvalue weighted by Gasteiger charge is -2.05. The molecular formula is C15H12Cl2N2O2. The fourth-order valence-corrected chi connectivity index (χ4v) is 2.06. The maximum Gasteiger partial charge on any atom is 0.271 e. The second kappa shape index (κ2) is 6.61. The highest BCUT2D eigenvalue weighted by Gasteiger charge is 2.08. The van der Waals surface area contributed by atoms with Gasteiger partial charge in [-0.15, -0.1) is 0 Å². The Hall–Kier alpha value is -2.04. The van der Waals surface area contributed by atoms with Gasteiger partial charge in [-0.2, -0.15) is 5.10 Å². The second-order valence-corrected chi connectivity index (χ2v) is 5.18. The van der Waals surface area contributed by atoms with Crippen LogP contribution in [-0.4, -0.2) is 16.7 Å². The van der Waals surface area contributed by atoms with E-state index in [-0.39, 0.29) is 11.7 Å². The first-order valence-electron chi connectivity index (χ1n) is 6.06. The summed E-state index contributed by atoms with van der Waals surface area (Å²) in [7, 11) is 0. The molecule has 2 aromatic carbocycles. The van der Waals surface area contributed by atoms with Gasteiger partial charge in [-0.05, 0) is 43.3 Å². The van der Waals surface area contributed by atoms with Crippen molar-refractivity contribution in [1.29, 1.82) is 0 Å². The molecule has 6 heteroatoms. The monoisotopic (exact) mass is 322 g/mol. The Morgan fingerprint density at radius 2 is 1.86 bits per heavy atom. The van der Waals surface area contributed by atoms with Crippen molar-refractivity contribution >= 4 is 34.8 Å². The third-order valence-electron chi connectivity index (χ3n) is 2.76. The average molecular weight is 323 g/mol. The fourth-order valence-electron chi connectivity index (χ4n) is 1.70. The molecule has 0 atom stereocenters. The predicted octanol–water partition coefficient (Wildman–Crippen LogP) is 3.85. The molecule has 0 unspecified atom stereocenters. The van der Waals surface area contributed by atoms with Gasteiger partial charge in [0, 0.05) is 21.2 Å². The van der Waals surface area contributed by atoms with Crippen LogP contribution in [0.2, 0.25) is 10.0 Å². The SMILES string of the molecule is CC(=NNC(=O)c1cccc(Cl)c1)c1ccc(Cl)cc1O. The van der Waals surface area contributed by atoms with Crippen LogP contribution in [0.25, 0.3) is 0 Å². The van der Waals surface area contributed by atoms with Crippen LogP contribution in [0.4, 0.5) is 0 Å². The zero-order chi connectivity index (χ0) is 15.4. The quantitative estimate of drug-likeness (QED) is 0.666. The van der Waals surface area contributed by atoms with Gasteiger partial charge < -0.3 is 5.11 Å². The standard InChI is InChI=1S/C15H12Cl2N2O2/c1-9(13-6-5-12(17)8-14(13)20)18-19-15(21)10-3-2-4-11(16)7-10/h2-8,20H,1H3,(H,19,21). The number of phenols is 1. The van der Waals surface area contributed by atoms with Crippen molar-refractivity contribution in [3.8, 4) is 5.75 Å². The molecule has 4 nitrogen and oxygen atoms in total. The number of aromatic hydroxyl groups is 1. The summed E-state index contributed by atoms with van der Waals surface area (Å²) < 4.78 is 0. The number of carbonyl (C=O) groups is 1. The Balaban J connectivity index is 2.15. The minimum Gasteiger partial charge on any atom is -0.507 e. The van der Waals surface area contributed by atoms with Gasteiger partial charge in [-0.25, -0.2) is 5.43 Å². The van der Waals surface area contributed by atoms with E-state index in [0.29, 0.717) is 26.9 Å². The largest absolute Gasteiger partial charge is 0.507 e. The van der Waals surface area contributed by atoms with Crippen molar-refractivity contribution in [2.75, 3.05) is 0 Å². The maximum atomic E-state index is 11.9. The molecule has 21 heavy (non-hydrogen) atoms. The van der Waals surface area contributed by atoms with Crippen molar-refractivity contribution in [3.05, 3.63) is 63.6 Å². The summed E-state index contributed by atoms with van der Waals surface area (Å²) >= 11 is 11.6. The summed E-state index contributed by atoms with van der Waals surface area (Å²) in [6.07, 6.45) is 0. The van der Waals surface area contributed by atoms with Gasteiger partial charge >= 0.3 is 0 Å². The second-order valence-electron chi connectivity index (χ2n) is 4.31. The lowest BCUT2D eigenvalue weighted by molar-refractivity contribution is 0.0955. The van der Waals surface area contributed by atoms with Gasteiger partial charge in [0.05, 0.1) is 5.71 Å². The normalized spacial score (nSPS) is 11.3. The van der Waals surface area contributed by atoms with Crippen LogP contribution < -0.4 is 5.43 Å². The molecule has 0 aliphatic rings. The van der Waals surface area contributed by atoms with E-state index in [0.717, 1.165) is 0 Å². The van der Waals surface area contributed by atoms with Crippen LogP contribution in [0.5, 0.6) is 5.75 Å². The van der Waals surface area contributed by atoms with Crippen molar-refractivity contribution in [2.45, 2.75) is 6.92 Å². The number of rotatable bonds is 3. The topological polar surface area (TPSA) is 61.7 Å². The lowest BCUT2D eigenvalue weighted by atomic mass is 10.1. The summed E-state index contributed by atoms with van der Waals surface area (Å²) in [5, 5.41) is 14.6. The number of hydrogen-bond acceptors (Lipinski definition) is 3. The first-order valence-corrected chi connectivity index (χ1v) is 6.82. The van der Waals surface area contributed by atoms with Gasteiger partial charge in [0.2, 0.25) is 0 Å². The Morgan fingerprint density at radius 1 is 1.14 bits per heavy atom. The third-order valence-corrected chi connectivity index (χ3v) is 3.23. The van der Waals surface area contributed by atoms with Crippen LogP contribution >= 0.6 is 23.2 Å². The van der Waals surface area contributed by atoms with Crippen LogP contribution in [0.15, 0.2) is 47.6 Å². The van der Waals surface area contributed by atoms with Crippen LogP contribution in [0, 0.1) is 0 Å². The Kier molecular flexibility index (Phi) is 4.83. The molecule has 108 valence electrons. The predicted molar refractivity (Wildman–Crippen MR) is 84.2 cm³/mol. The van der Waals surface area contributed by atoms with Gasteiger partial charge in [-0.1, -0.05) is 29.3 Å². The fraction of sp³-hybridized carbons (Fsp3) is 0.0667. The molecule has 0 fully saturated rings. The zero-order valence-electron chi connectivity index (χ0n) is 11.1. The molecule has 0 heterocycles. The smallest absolute Gasteiger partial charge is 0.271 e. The number of hydrazone groups is 1. The van der Waals surface area contributed by atoms with E-state index in [4.69, 9.17) is 23.2 Å². The Bertz CT molecular complexity index is 715. The minimum atomic E-state index is -0.384. The first-order chi connectivity index (χ1) is 9.97. The molecule has 0 bridgehead atoms. The van der Waals surface area contributed by atoms with E-state index >= 15 is 0 Å². The number of benzene rings is 2. The molecule has 0 aliphatic heterocycles. The number of carbonyl (C=O) groups excluding carboxylic acids is 1. The van der Waals surface area contributed by atoms with Crippen LogP contribution in [0.1, 0.15) is 22.8 Å². The van der Waals surface area contributed by atoms with Gasteiger partial charge in [0.1, 0.15) is 5.75 Å². The van der Waals surface area contributed by atoms with Crippen LogP contribution in [-0.2, 0) is 0 Å². The summed E-state index contributed by atoms with van der Waals surface area (Å²) in [4.78, 5) is 11.9. The minimum absolute atomic E-state index is 0.000699. The summed E-state index contributed by atoms with van der Waals surface area (Å²) in [5.74, 6) is -0.383. The first kappa shape index (κ1) is 15.4. The Labute approximate surface area is 132 Å². The molecule has 0 saturated carbocycles. The summed E-state index contributed by atoms with van der Waals surface area (Å²) in [5.41, 5.74) is 3.76. The number of nitrogens with zero attached hydrogens (tertiary/aromatic N) is 1. The summed E-state index contributed by atoms with van der Waals surface area (Å²) in [6.45, 7) is 1.67. The number of hydrogen-bond donors (Lipinski definition) is 2. The highest BCUT2D eigenvalue weighted by molar-refractivity contribution is 6.31. The highest BCUT2D eigenvalue weighted by Crippen LogP contribution is 2.22. The van der Waals surface area contributed by atoms with Gasteiger partial charge in [0.25, 0.3) is 5.91 Å². The maximum absolute atomic E-state index is 11.9. The van der Waals surface area contributed by atoms with Crippen molar-refractivity contribution < 1.29 is 9.90 Å². The molecular weight excluding hydrogens is 311 g/mol. The van der Waals surface area contributed by atoms with E-state index in [1.165, 1.54) is 6.07 Å². The molecule has 2 N–H and O–H groups in total. The third kappa shape index (κ3) is 3.97. The molecule has 2 aromatic rings. The van der Waals surface area contributed by atoms with E-state index in [9.17, 15) is 9.90 Å². The number of halogens is 2. The number of phenolic OH excluding ortho intramolecular Hbond substituents is 1. The summed E-state index contributed by atoms with van der Waals surface area (Å²) in [6, 6.07) is 11.2. The number of amides is 1. The Morgan fingerprint density at radius 3 is 2.52 bits per heavy atom. The van der Waals surface area contributed by atoms with Gasteiger partial charge in [-0.3, -0.25) is 4.79 Å². The molecule has 0 spiro atoms. The lowest BCUT2D eigenvalue weighted by Crippen LogP contribution is -2.19. The van der Waals surface area contributed by atoms with Crippen molar-refractivity contribution in [2.24, 2.45) is 5.10 Å². The van der Waals surface area contributed by atoms with E-state index in [1.807, 2.05) is 0 Å². The molecule has 0 aliphatic carbocycles. The highest BCUT2D eigenvalue weighted by atomic mass is 35.5. The molecule has 0 radical (unpaired) electrons. The van der Waals surface area contributed by atoms with Gasteiger partial charge in [0.15, 0.2) is 0 Å². The van der Waals surface area contributed by atoms with E-state index < -0.39 is 0 Å². The molecule has 0 saturated heterocycles. The van der Waals surface area contributed by atoms with Crippen molar-refractivity contribution in [1.82, 2.24) is 5.43 Å². The van der Waals surface area contributed by atoms with E-state index in [2.05, 4.69) is 10.5 Å². The molecule has 1 amide bonds. The molecule has 0 aromatic heterocycles.